The molecule has 126 valence electrons. The molecule has 0 spiro atoms. The van der Waals surface area contributed by atoms with E-state index in [4.69, 9.17) is 9.47 Å². The molecule has 1 aliphatic heterocycles. The molecule has 0 aromatic heterocycles. The second kappa shape index (κ2) is 17.6. The maximum absolute atomic E-state index is 9.84. The van der Waals surface area contributed by atoms with E-state index in [0.717, 1.165) is 38.8 Å². The predicted molar refractivity (Wildman–Crippen MR) is 88.5 cm³/mol. The summed E-state index contributed by atoms with van der Waals surface area (Å²) in [5, 5.41) is 0. The van der Waals surface area contributed by atoms with E-state index in [1.807, 2.05) is 0 Å². The van der Waals surface area contributed by atoms with Crippen molar-refractivity contribution in [1.82, 2.24) is 0 Å². The Morgan fingerprint density at radius 2 is 1.33 bits per heavy atom. The van der Waals surface area contributed by atoms with Crippen LogP contribution in [-0.2, 0) is 14.3 Å². The molecule has 1 heterocycles. The number of hydrogen-bond acceptors (Lipinski definition) is 3. The third kappa shape index (κ3) is 15.8. The standard InChI is InChI=1S/C10H20O2.C8H16O/c1-2-3-4-5-6-7-10-11-8-9-12-10;1-2-3-4-5-6-7-8-9/h10H,2-9H2,1H3;8H,2-7H2,1H3. The smallest absolute Gasteiger partial charge is 0.157 e. The van der Waals surface area contributed by atoms with Crippen molar-refractivity contribution in [3.63, 3.8) is 0 Å². The minimum absolute atomic E-state index is 0.117. The first-order chi connectivity index (χ1) is 10.3. The van der Waals surface area contributed by atoms with E-state index in [1.54, 1.807) is 0 Å². The molecule has 0 unspecified atom stereocenters. The third-order valence-electron chi connectivity index (χ3n) is 3.66. The number of unbranched alkanes of at least 4 members (excludes halogenated alkanes) is 9. The number of aldehydes is 1. The lowest BCUT2D eigenvalue weighted by molar-refractivity contribution is -0.107. The topological polar surface area (TPSA) is 35.5 Å². The van der Waals surface area contributed by atoms with E-state index < -0.39 is 0 Å². The quantitative estimate of drug-likeness (QED) is 0.364. The number of ether oxygens (including phenoxy) is 2. The average Bonchev–Trinajstić information content (AvgIpc) is 3.01. The maximum atomic E-state index is 9.84. The molecule has 0 atom stereocenters. The Morgan fingerprint density at radius 1 is 0.810 bits per heavy atom. The van der Waals surface area contributed by atoms with Crippen LogP contribution in [0.1, 0.15) is 90.9 Å². The lowest BCUT2D eigenvalue weighted by Crippen LogP contribution is -2.06. The van der Waals surface area contributed by atoms with Crippen molar-refractivity contribution >= 4 is 6.29 Å². The zero-order valence-corrected chi connectivity index (χ0v) is 14.3. The Balaban J connectivity index is 0.000000400. The van der Waals surface area contributed by atoms with Crippen LogP contribution in [0.3, 0.4) is 0 Å². The van der Waals surface area contributed by atoms with Gasteiger partial charge in [-0.15, -0.1) is 0 Å². The summed E-state index contributed by atoms with van der Waals surface area (Å²) in [7, 11) is 0. The Hall–Kier alpha value is -0.410. The van der Waals surface area contributed by atoms with Gasteiger partial charge in [0.2, 0.25) is 0 Å². The Labute approximate surface area is 131 Å². The molecule has 3 nitrogen and oxygen atoms in total. The van der Waals surface area contributed by atoms with Crippen LogP contribution in [0.4, 0.5) is 0 Å². The molecule has 1 rings (SSSR count). The summed E-state index contributed by atoms with van der Waals surface area (Å²) in [5.41, 5.74) is 0. The van der Waals surface area contributed by atoms with Crippen molar-refractivity contribution in [2.24, 2.45) is 0 Å². The van der Waals surface area contributed by atoms with E-state index in [2.05, 4.69) is 13.8 Å². The van der Waals surface area contributed by atoms with E-state index >= 15 is 0 Å². The van der Waals surface area contributed by atoms with Crippen LogP contribution in [0.15, 0.2) is 0 Å². The van der Waals surface area contributed by atoms with Crippen LogP contribution in [0, 0.1) is 0 Å². The van der Waals surface area contributed by atoms with Gasteiger partial charge in [0.05, 0.1) is 13.2 Å². The molecular weight excluding hydrogens is 264 g/mol. The first-order valence-electron chi connectivity index (χ1n) is 9.02. The maximum Gasteiger partial charge on any atom is 0.157 e. The number of carbonyl (C=O) groups is 1. The summed E-state index contributed by atoms with van der Waals surface area (Å²) in [5.74, 6) is 0. The molecule has 1 aliphatic rings. The van der Waals surface area contributed by atoms with Gasteiger partial charge in [-0.25, -0.2) is 0 Å². The SMILES string of the molecule is CCCCCCCC1OCCO1.CCCCCCCC=O. The first kappa shape index (κ1) is 20.6. The van der Waals surface area contributed by atoms with Gasteiger partial charge in [-0.1, -0.05) is 65.2 Å². The average molecular weight is 300 g/mol. The van der Waals surface area contributed by atoms with E-state index in [0.29, 0.717) is 0 Å². The van der Waals surface area contributed by atoms with E-state index in [1.165, 1.54) is 57.8 Å². The van der Waals surface area contributed by atoms with Crippen LogP contribution in [0.5, 0.6) is 0 Å². The van der Waals surface area contributed by atoms with Crippen LogP contribution >= 0.6 is 0 Å². The van der Waals surface area contributed by atoms with Gasteiger partial charge in [-0.3, -0.25) is 0 Å². The Bertz CT molecular complexity index is 201. The molecule has 1 saturated heterocycles. The summed E-state index contributed by atoms with van der Waals surface area (Å²) in [6.07, 6.45) is 15.8. The molecule has 0 saturated carbocycles. The third-order valence-corrected chi connectivity index (χ3v) is 3.66. The second-order valence-corrected chi connectivity index (χ2v) is 5.74. The summed E-state index contributed by atoms with van der Waals surface area (Å²) < 4.78 is 10.7. The van der Waals surface area contributed by atoms with E-state index in [9.17, 15) is 4.79 Å². The van der Waals surface area contributed by atoms with Crippen molar-refractivity contribution in [2.75, 3.05) is 13.2 Å². The lowest BCUT2D eigenvalue weighted by atomic mass is 10.1. The van der Waals surface area contributed by atoms with Gasteiger partial charge in [-0.05, 0) is 19.3 Å². The number of rotatable bonds is 12. The Kier molecular flexibility index (Phi) is 17.3. The van der Waals surface area contributed by atoms with Crippen LogP contribution in [-0.4, -0.2) is 25.8 Å². The highest BCUT2D eigenvalue weighted by Gasteiger charge is 2.14. The molecule has 3 heteroatoms. The fourth-order valence-electron chi connectivity index (χ4n) is 2.32. The van der Waals surface area contributed by atoms with Crippen molar-refractivity contribution in [1.29, 1.82) is 0 Å². The molecule has 0 N–H and O–H groups in total. The van der Waals surface area contributed by atoms with Gasteiger partial charge < -0.3 is 14.3 Å². The van der Waals surface area contributed by atoms with Crippen molar-refractivity contribution < 1.29 is 14.3 Å². The van der Waals surface area contributed by atoms with Crippen LogP contribution < -0.4 is 0 Å². The number of carbonyl (C=O) groups excluding carboxylic acids is 1. The summed E-state index contributed by atoms with van der Waals surface area (Å²) in [6.45, 7) is 6.02. The van der Waals surface area contributed by atoms with Gasteiger partial charge in [0.15, 0.2) is 6.29 Å². The molecule has 0 aromatic rings. The van der Waals surface area contributed by atoms with Gasteiger partial charge in [0, 0.05) is 6.42 Å². The Morgan fingerprint density at radius 3 is 1.86 bits per heavy atom. The molecule has 0 radical (unpaired) electrons. The summed E-state index contributed by atoms with van der Waals surface area (Å²) in [6, 6.07) is 0. The molecule has 0 aromatic carbocycles. The predicted octanol–water partition coefficient (Wildman–Crippen LogP) is 5.27. The van der Waals surface area contributed by atoms with Gasteiger partial charge in [0.1, 0.15) is 6.29 Å². The minimum atomic E-state index is 0.117. The minimum Gasteiger partial charge on any atom is -0.350 e. The zero-order chi connectivity index (χ0) is 15.6. The van der Waals surface area contributed by atoms with Crippen LogP contribution in [0.25, 0.3) is 0 Å². The summed E-state index contributed by atoms with van der Waals surface area (Å²) in [4.78, 5) is 9.84. The molecule has 1 fully saturated rings. The molecule has 0 bridgehead atoms. The van der Waals surface area contributed by atoms with Crippen molar-refractivity contribution in [2.45, 2.75) is 97.2 Å². The second-order valence-electron chi connectivity index (χ2n) is 5.74. The molecule has 21 heavy (non-hydrogen) atoms. The van der Waals surface area contributed by atoms with Crippen molar-refractivity contribution in [3.8, 4) is 0 Å². The van der Waals surface area contributed by atoms with E-state index in [-0.39, 0.29) is 6.29 Å². The fourth-order valence-corrected chi connectivity index (χ4v) is 2.32. The molecular formula is C18H36O3. The molecule has 0 amide bonds. The van der Waals surface area contributed by atoms with Gasteiger partial charge in [-0.2, -0.15) is 0 Å². The van der Waals surface area contributed by atoms with Gasteiger partial charge in [0.25, 0.3) is 0 Å². The monoisotopic (exact) mass is 300 g/mol. The largest absolute Gasteiger partial charge is 0.350 e. The normalized spacial score (nSPS) is 14.8. The van der Waals surface area contributed by atoms with Gasteiger partial charge >= 0.3 is 0 Å². The number of hydrogen-bond donors (Lipinski definition) is 0. The van der Waals surface area contributed by atoms with Crippen LogP contribution in [0.2, 0.25) is 0 Å². The lowest BCUT2D eigenvalue weighted by Gasteiger charge is -2.07. The first-order valence-corrected chi connectivity index (χ1v) is 9.02. The zero-order valence-electron chi connectivity index (χ0n) is 14.3. The molecule has 0 aliphatic carbocycles. The fraction of sp³-hybridized carbons (Fsp3) is 0.944. The highest BCUT2D eigenvalue weighted by atomic mass is 16.7. The highest BCUT2D eigenvalue weighted by Crippen LogP contribution is 2.13. The summed E-state index contributed by atoms with van der Waals surface area (Å²) >= 11 is 0. The highest BCUT2D eigenvalue weighted by molar-refractivity contribution is 5.48. The van der Waals surface area contributed by atoms with Crippen molar-refractivity contribution in [3.05, 3.63) is 0 Å².